The summed E-state index contributed by atoms with van der Waals surface area (Å²) in [7, 11) is 1.87. The molecule has 2 rings (SSSR count). The van der Waals surface area contributed by atoms with Crippen molar-refractivity contribution in [3.63, 3.8) is 0 Å². The molecule has 90 valence electrons. The highest BCUT2D eigenvalue weighted by Gasteiger charge is 2.19. The Morgan fingerprint density at radius 2 is 2.44 bits per heavy atom. The quantitative estimate of drug-likeness (QED) is 0.865. The number of carbonyl (C=O) groups is 1. The summed E-state index contributed by atoms with van der Waals surface area (Å²) in [6, 6.07) is 2.10. The maximum Gasteiger partial charge on any atom is 0.268 e. The first-order valence-corrected chi connectivity index (χ1v) is 5.79. The fourth-order valence-corrected chi connectivity index (χ4v) is 2.31. The number of aryl methyl sites for hydroxylation is 1. The van der Waals surface area contributed by atoms with Crippen LogP contribution in [0.15, 0.2) is 16.7 Å². The molecule has 0 aliphatic carbocycles. The van der Waals surface area contributed by atoms with Gasteiger partial charge in [0.05, 0.1) is 0 Å². The van der Waals surface area contributed by atoms with Crippen LogP contribution in [0.3, 0.4) is 0 Å². The number of halogens is 2. The van der Waals surface area contributed by atoms with E-state index in [4.69, 9.17) is 0 Å². The fraction of sp³-hybridized carbons (Fsp3) is 0.500. The summed E-state index contributed by atoms with van der Waals surface area (Å²) in [6.45, 7) is 1.86. The highest BCUT2D eigenvalue weighted by molar-refractivity contribution is 9.10. The molecule has 1 fully saturated rings. The van der Waals surface area contributed by atoms with Crippen LogP contribution < -0.4 is 10.6 Å². The normalized spacial score (nSPS) is 19.2. The smallest absolute Gasteiger partial charge is 0.268 e. The first-order chi connectivity index (χ1) is 7.16. The van der Waals surface area contributed by atoms with Crippen molar-refractivity contribution in [1.29, 1.82) is 0 Å². The van der Waals surface area contributed by atoms with Crippen molar-refractivity contribution in [1.82, 2.24) is 15.2 Å². The zero-order chi connectivity index (χ0) is 10.8. The van der Waals surface area contributed by atoms with Crippen LogP contribution in [-0.4, -0.2) is 29.6 Å². The molecule has 2 heterocycles. The van der Waals surface area contributed by atoms with Gasteiger partial charge in [-0.1, -0.05) is 0 Å². The van der Waals surface area contributed by atoms with E-state index in [2.05, 4.69) is 26.6 Å². The molecule has 0 saturated carbocycles. The Bertz CT molecular complexity index is 374. The summed E-state index contributed by atoms with van der Waals surface area (Å²) in [6.07, 6.45) is 2.89. The van der Waals surface area contributed by atoms with E-state index in [1.165, 1.54) is 0 Å². The molecular formula is C10H15BrClN3O. The Kier molecular flexibility index (Phi) is 4.83. The molecule has 4 nitrogen and oxygen atoms in total. The summed E-state index contributed by atoms with van der Waals surface area (Å²) in [5, 5.41) is 6.22. The summed E-state index contributed by atoms with van der Waals surface area (Å²) in [5.41, 5.74) is 0.689. The maximum atomic E-state index is 11.9. The highest BCUT2D eigenvalue weighted by Crippen LogP contribution is 2.13. The Hall–Kier alpha value is -0.520. The molecule has 0 aromatic carbocycles. The van der Waals surface area contributed by atoms with Crippen molar-refractivity contribution in [2.45, 2.75) is 12.5 Å². The van der Waals surface area contributed by atoms with E-state index in [-0.39, 0.29) is 24.4 Å². The van der Waals surface area contributed by atoms with Crippen LogP contribution in [0.25, 0.3) is 0 Å². The van der Waals surface area contributed by atoms with E-state index in [1.807, 2.05) is 23.9 Å². The molecule has 1 aliphatic heterocycles. The standard InChI is InChI=1S/C10H14BrN3O.ClH/c1-14-6-7(11)4-9(14)10(15)13-8-2-3-12-5-8;/h4,6,8,12H,2-3,5H2,1H3,(H,13,15);1H. The molecule has 6 heteroatoms. The minimum absolute atomic E-state index is 0. The van der Waals surface area contributed by atoms with E-state index < -0.39 is 0 Å². The number of rotatable bonds is 2. The lowest BCUT2D eigenvalue weighted by Crippen LogP contribution is -2.37. The fourth-order valence-electron chi connectivity index (χ4n) is 1.79. The predicted octanol–water partition coefficient (Wildman–Crippen LogP) is 1.30. The molecule has 0 bridgehead atoms. The Balaban J connectivity index is 0.00000128. The number of hydrogen-bond donors (Lipinski definition) is 2. The summed E-state index contributed by atoms with van der Waals surface area (Å²) in [4.78, 5) is 11.9. The lowest BCUT2D eigenvalue weighted by molar-refractivity contribution is 0.0932. The van der Waals surface area contributed by atoms with Gasteiger partial charge in [-0.25, -0.2) is 0 Å². The molecule has 2 N–H and O–H groups in total. The second kappa shape index (κ2) is 5.70. The van der Waals surface area contributed by atoms with Crippen molar-refractivity contribution >= 4 is 34.2 Å². The molecule has 16 heavy (non-hydrogen) atoms. The van der Waals surface area contributed by atoms with Crippen LogP contribution in [0.1, 0.15) is 16.9 Å². The van der Waals surface area contributed by atoms with Crippen molar-refractivity contribution < 1.29 is 4.79 Å². The van der Waals surface area contributed by atoms with Gasteiger partial charge >= 0.3 is 0 Å². The van der Waals surface area contributed by atoms with Gasteiger partial charge in [0.1, 0.15) is 5.69 Å². The average Bonchev–Trinajstić information content (AvgIpc) is 2.75. The van der Waals surface area contributed by atoms with Gasteiger partial charge in [-0.2, -0.15) is 0 Å². The van der Waals surface area contributed by atoms with Crippen molar-refractivity contribution in [3.8, 4) is 0 Å². The third-order valence-corrected chi connectivity index (χ3v) is 3.03. The van der Waals surface area contributed by atoms with Crippen LogP contribution in [-0.2, 0) is 7.05 Å². The third-order valence-electron chi connectivity index (χ3n) is 2.60. The lowest BCUT2D eigenvalue weighted by atomic mass is 10.2. The van der Waals surface area contributed by atoms with E-state index in [0.717, 1.165) is 24.0 Å². The SMILES string of the molecule is Cl.Cn1cc(Br)cc1C(=O)NC1CCNC1. The highest BCUT2D eigenvalue weighted by atomic mass is 79.9. The Labute approximate surface area is 109 Å². The van der Waals surface area contributed by atoms with Crippen LogP contribution in [0.2, 0.25) is 0 Å². The molecule has 1 amide bonds. The molecule has 1 aromatic heterocycles. The van der Waals surface area contributed by atoms with Crippen molar-refractivity contribution in [2.75, 3.05) is 13.1 Å². The van der Waals surface area contributed by atoms with Crippen molar-refractivity contribution in [2.24, 2.45) is 7.05 Å². The third kappa shape index (κ3) is 2.99. The molecule has 1 saturated heterocycles. The lowest BCUT2D eigenvalue weighted by Gasteiger charge is -2.11. The number of nitrogens with zero attached hydrogens (tertiary/aromatic N) is 1. The molecule has 1 unspecified atom stereocenters. The van der Waals surface area contributed by atoms with Gasteiger partial charge in [0.25, 0.3) is 5.91 Å². The van der Waals surface area contributed by atoms with Crippen LogP contribution in [0.5, 0.6) is 0 Å². The van der Waals surface area contributed by atoms with Gasteiger partial charge < -0.3 is 15.2 Å². The van der Waals surface area contributed by atoms with Gasteiger partial charge in [0.15, 0.2) is 0 Å². The molecule has 1 aromatic rings. The number of aromatic nitrogens is 1. The summed E-state index contributed by atoms with van der Waals surface area (Å²) >= 11 is 3.35. The minimum atomic E-state index is -0.00287. The van der Waals surface area contributed by atoms with Gasteiger partial charge in [-0.3, -0.25) is 4.79 Å². The van der Waals surface area contributed by atoms with E-state index in [9.17, 15) is 4.79 Å². The maximum absolute atomic E-state index is 11.9. The second-order valence-electron chi connectivity index (χ2n) is 3.82. The zero-order valence-corrected chi connectivity index (χ0v) is 11.4. The molecule has 1 aliphatic rings. The van der Waals surface area contributed by atoms with Gasteiger partial charge in [0, 0.05) is 30.3 Å². The minimum Gasteiger partial charge on any atom is -0.347 e. The van der Waals surface area contributed by atoms with Gasteiger partial charge in [0.2, 0.25) is 0 Å². The second-order valence-corrected chi connectivity index (χ2v) is 4.73. The van der Waals surface area contributed by atoms with Crippen LogP contribution >= 0.6 is 28.3 Å². The van der Waals surface area contributed by atoms with E-state index in [1.54, 1.807) is 0 Å². The van der Waals surface area contributed by atoms with Gasteiger partial charge in [-0.05, 0) is 35.0 Å². The van der Waals surface area contributed by atoms with Crippen molar-refractivity contribution in [3.05, 3.63) is 22.4 Å². The van der Waals surface area contributed by atoms with Gasteiger partial charge in [-0.15, -0.1) is 12.4 Å². The first kappa shape index (κ1) is 13.5. The number of amides is 1. The molecule has 0 spiro atoms. The predicted molar refractivity (Wildman–Crippen MR) is 69.1 cm³/mol. The number of carbonyl (C=O) groups excluding carboxylic acids is 1. The molecule has 1 atom stereocenters. The van der Waals surface area contributed by atoms with Crippen LogP contribution in [0.4, 0.5) is 0 Å². The molecule has 0 radical (unpaired) electrons. The monoisotopic (exact) mass is 307 g/mol. The Morgan fingerprint density at radius 1 is 1.69 bits per heavy atom. The average molecular weight is 309 g/mol. The summed E-state index contributed by atoms with van der Waals surface area (Å²) in [5.74, 6) is -0.00287. The van der Waals surface area contributed by atoms with Crippen LogP contribution in [0, 0.1) is 0 Å². The number of hydrogen-bond acceptors (Lipinski definition) is 2. The largest absolute Gasteiger partial charge is 0.347 e. The van der Waals surface area contributed by atoms with E-state index >= 15 is 0 Å². The first-order valence-electron chi connectivity index (χ1n) is 5.00. The Morgan fingerprint density at radius 3 is 2.94 bits per heavy atom. The van der Waals surface area contributed by atoms with E-state index in [0.29, 0.717) is 5.69 Å². The topological polar surface area (TPSA) is 46.1 Å². The summed E-state index contributed by atoms with van der Waals surface area (Å²) < 4.78 is 2.75. The molecular weight excluding hydrogens is 293 g/mol. The zero-order valence-electron chi connectivity index (χ0n) is 9.00. The number of nitrogens with one attached hydrogen (secondary N) is 2.